The van der Waals surface area contributed by atoms with Gasteiger partial charge in [0.25, 0.3) is 5.91 Å². The summed E-state index contributed by atoms with van der Waals surface area (Å²) in [6.07, 6.45) is 2.87. The van der Waals surface area contributed by atoms with Crippen LogP contribution in [0, 0.1) is 0 Å². The Hall–Kier alpha value is -3.69. The summed E-state index contributed by atoms with van der Waals surface area (Å²) in [5.41, 5.74) is 10.6. The number of aromatic nitrogens is 2. The predicted molar refractivity (Wildman–Crippen MR) is 123 cm³/mol. The number of aliphatic hydroxyl groups is 1. The summed E-state index contributed by atoms with van der Waals surface area (Å²) in [6.45, 7) is 1.78. The van der Waals surface area contributed by atoms with Gasteiger partial charge in [-0.05, 0) is 60.3 Å². The van der Waals surface area contributed by atoms with Gasteiger partial charge in [-0.1, -0.05) is 12.1 Å². The number of hydrogen-bond acceptors (Lipinski definition) is 8. The van der Waals surface area contributed by atoms with E-state index in [0.29, 0.717) is 18.1 Å². The average Bonchev–Trinajstić information content (AvgIpc) is 2.79. The lowest BCUT2D eigenvalue weighted by atomic mass is 10.00. The molecule has 0 bridgehead atoms. The maximum Gasteiger partial charge on any atom is 0.254 e. The number of nitrogens with two attached hydrogens (primary N) is 1. The van der Waals surface area contributed by atoms with Crippen LogP contribution in [0.15, 0.2) is 42.6 Å². The van der Waals surface area contributed by atoms with E-state index in [1.54, 1.807) is 7.11 Å². The third-order valence-corrected chi connectivity index (χ3v) is 5.30. The zero-order valence-corrected chi connectivity index (χ0v) is 17.8. The number of amides is 1. The standard InChI is InChI=1S/C23H26N6O3/c1-32-20-11-15-5-7-25-12-16(15)10-19(20)28-23-26-13-18(21(24)31)22(29-23)27-17-4-2-3-14(9-17)6-8-30/h2-4,9-11,13,25,30H,5-8,12H2,1H3,(H2,24,31)(H2,26,27,28,29). The summed E-state index contributed by atoms with van der Waals surface area (Å²) in [4.78, 5) is 20.7. The van der Waals surface area contributed by atoms with Gasteiger partial charge < -0.3 is 31.5 Å². The normalized spacial score (nSPS) is 12.7. The van der Waals surface area contributed by atoms with Crippen LogP contribution in [0.3, 0.4) is 0 Å². The molecule has 166 valence electrons. The van der Waals surface area contributed by atoms with E-state index in [4.69, 9.17) is 10.5 Å². The number of primary amides is 1. The smallest absolute Gasteiger partial charge is 0.254 e. The van der Waals surface area contributed by atoms with Crippen molar-refractivity contribution in [2.45, 2.75) is 19.4 Å². The molecule has 1 aromatic heterocycles. The highest BCUT2D eigenvalue weighted by molar-refractivity contribution is 5.98. The van der Waals surface area contributed by atoms with Gasteiger partial charge in [-0.15, -0.1) is 0 Å². The number of anilines is 4. The minimum Gasteiger partial charge on any atom is -0.495 e. The van der Waals surface area contributed by atoms with Crippen molar-refractivity contribution in [3.8, 4) is 5.75 Å². The molecular weight excluding hydrogens is 408 g/mol. The molecule has 32 heavy (non-hydrogen) atoms. The van der Waals surface area contributed by atoms with Gasteiger partial charge in [0.1, 0.15) is 17.1 Å². The van der Waals surface area contributed by atoms with E-state index in [9.17, 15) is 9.90 Å². The van der Waals surface area contributed by atoms with Gasteiger partial charge in [-0.2, -0.15) is 4.98 Å². The number of carbonyl (C=O) groups excluding carboxylic acids is 1. The molecule has 9 nitrogen and oxygen atoms in total. The molecule has 0 atom stereocenters. The fourth-order valence-corrected chi connectivity index (χ4v) is 3.69. The minimum atomic E-state index is -0.636. The number of nitrogens with one attached hydrogen (secondary N) is 3. The third kappa shape index (κ3) is 4.79. The Labute approximate surface area is 186 Å². The number of benzene rings is 2. The topological polar surface area (TPSA) is 134 Å². The Balaban J connectivity index is 1.65. The third-order valence-electron chi connectivity index (χ3n) is 5.30. The van der Waals surface area contributed by atoms with Crippen molar-refractivity contribution in [1.82, 2.24) is 15.3 Å². The summed E-state index contributed by atoms with van der Waals surface area (Å²) in [5, 5.41) is 18.9. The Morgan fingerprint density at radius 2 is 2.12 bits per heavy atom. The van der Waals surface area contributed by atoms with E-state index >= 15 is 0 Å². The number of carbonyl (C=O) groups is 1. The van der Waals surface area contributed by atoms with Crippen LogP contribution in [0.5, 0.6) is 5.75 Å². The van der Waals surface area contributed by atoms with Gasteiger partial charge >= 0.3 is 0 Å². The lowest BCUT2D eigenvalue weighted by molar-refractivity contribution is 0.100. The monoisotopic (exact) mass is 434 g/mol. The quantitative estimate of drug-likeness (QED) is 0.364. The van der Waals surface area contributed by atoms with Crippen molar-refractivity contribution in [1.29, 1.82) is 0 Å². The van der Waals surface area contributed by atoms with Gasteiger partial charge in [-0.3, -0.25) is 4.79 Å². The molecule has 9 heteroatoms. The molecule has 1 amide bonds. The van der Waals surface area contributed by atoms with Crippen LogP contribution in [0.2, 0.25) is 0 Å². The second-order valence-electron chi connectivity index (χ2n) is 7.49. The van der Waals surface area contributed by atoms with Crippen molar-refractivity contribution >= 4 is 29.0 Å². The number of methoxy groups -OCH3 is 1. The molecule has 1 aliphatic heterocycles. The largest absolute Gasteiger partial charge is 0.495 e. The van der Waals surface area contributed by atoms with Crippen LogP contribution in [-0.2, 0) is 19.4 Å². The summed E-state index contributed by atoms with van der Waals surface area (Å²) in [7, 11) is 1.62. The second-order valence-corrected chi connectivity index (χ2v) is 7.49. The van der Waals surface area contributed by atoms with Crippen LogP contribution in [0.1, 0.15) is 27.0 Å². The summed E-state index contributed by atoms with van der Waals surface area (Å²) >= 11 is 0. The number of aliphatic hydroxyl groups excluding tert-OH is 1. The molecule has 3 aromatic rings. The van der Waals surface area contributed by atoms with E-state index in [1.165, 1.54) is 17.3 Å². The van der Waals surface area contributed by atoms with Crippen molar-refractivity contribution in [2.24, 2.45) is 5.73 Å². The summed E-state index contributed by atoms with van der Waals surface area (Å²) in [5.74, 6) is 0.642. The van der Waals surface area contributed by atoms with Crippen LogP contribution in [0.25, 0.3) is 0 Å². The van der Waals surface area contributed by atoms with Gasteiger partial charge in [-0.25, -0.2) is 4.98 Å². The van der Waals surface area contributed by atoms with E-state index in [-0.39, 0.29) is 18.0 Å². The molecule has 4 rings (SSSR count). The van der Waals surface area contributed by atoms with Crippen molar-refractivity contribution in [3.05, 3.63) is 64.8 Å². The first-order valence-electron chi connectivity index (χ1n) is 10.4. The maximum atomic E-state index is 11.9. The Morgan fingerprint density at radius 1 is 1.25 bits per heavy atom. The zero-order chi connectivity index (χ0) is 22.5. The van der Waals surface area contributed by atoms with Gasteiger partial charge in [0, 0.05) is 25.0 Å². The first-order chi connectivity index (χ1) is 15.6. The van der Waals surface area contributed by atoms with E-state index in [0.717, 1.165) is 36.4 Å². The molecule has 2 aromatic carbocycles. The molecule has 0 unspecified atom stereocenters. The second kappa shape index (κ2) is 9.63. The lowest BCUT2D eigenvalue weighted by Crippen LogP contribution is -2.23. The van der Waals surface area contributed by atoms with Gasteiger partial charge in [0.15, 0.2) is 0 Å². The molecule has 0 saturated heterocycles. The number of rotatable bonds is 8. The number of ether oxygens (including phenoxy) is 1. The molecule has 0 radical (unpaired) electrons. The van der Waals surface area contributed by atoms with Crippen LogP contribution >= 0.6 is 0 Å². The lowest BCUT2D eigenvalue weighted by Gasteiger charge is -2.20. The maximum absolute atomic E-state index is 11.9. The van der Waals surface area contributed by atoms with Crippen LogP contribution in [-0.4, -0.2) is 41.2 Å². The molecular formula is C23H26N6O3. The summed E-state index contributed by atoms with van der Waals surface area (Å²) in [6, 6.07) is 11.6. The minimum absolute atomic E-state index is 0.0513. The highest BCUT2D eigenvalue weighted by Crippen LogP contribution is 2.32. The van der Waals surface area contributed by atoms with Crippen molar-refractivity contribution < 1.29 is 14.6 Å². The Bertz CT molecular complexity index is 1130. The van der Waals surface area contributed by atoms with Crippen LogP contribution in [0.4, 0.5) is 23.1 Å². The fourth-order valence-electron chi connectivity index (χ4n) is 3.69. The van der Waals surface area contributed by atoms with Gasteiger partial charge in [0.2, 0.25) is 5.95 Å². The Morgan fingerprint density at radius 3 is 2.91 bits per heavy atom. The molecule has 2 heterocycles. The molecule has 6 N–H and O–H groups in total. The number of nitrogens with zero attached hydrogens (tertiary/aromatic N) is 2. The van der Waals surface area contributed by atoms with Crippen molar-refractivity contribution in [3.63, 3.8) is 0 Å². The highest BCUT2D eigenvalue weighted by atomic mass is 16.5. The zero-order valence-electron chi connectivity index (χ0n) is 17.8. The first kappa shape index (κ1) is 21.5. The fraction of sp³-hybridized carbons (Fsp3) is 0.261. The molecule has 0 aliphatic carbocycles. The van der Waals surface area contributed by atoms with Gasteiger partial charge in [0.05, 0.1) is 12.8 Å². The average molecular weight is 435 g/mol. The highest BCUT2D eigenvalue weighted by Gasteiger charge is 2.17. The first-order valence-corrected chi connectivity index (χ1v) is 10.4. The van der Waals surface area contributed by atoms with Crippen LogP contribution < -0.4 is 26.4 Å². The van der Waals surface area contributed by atoms with E-state index < -0.39 is 5.91 Å². The van der Waals surface area contributed by atoms with Crippen molar-refractivity contribution in [2.75, 3.05) is 30.9 Å². The molecule has 1 aliphatic rings. The molecule has 0 spiro atoms. The van der Waals surface area contributed by atoms with E-state index in [2.05, 4.69) is 25.9 Å². The number of fused-ring (bicyclic) bond motifs is 1. The Kier molecular flexibility index (Phi) is 6.48. The molecule has 0 fully saturated rings. The predicted octanol–water partition coefficient (Wildman–Crippen LogP) is 2.25. The molecule has 0 saturated carbocycles. The summed E-state index contributed by atoms with van der Waals surface area (Å²) < 4.78 is 5.56. The van der Waals surface area contributed by atoms with E-state index in [1.807, 2.05) is 36.4 Å². The number of hydrogen-bond donors (Lipinski definition) is 5. The SMILES string of the molecule is COc1cc2c(cc1Nc1ncc(C(N)=O)c(Nc3cccc(CCO)c3)n1)CNCC2.